The van der Waals surface area contributed by atoms with Crippen molar-refractivity contribution in [2.24, 2.45) is 0 Å². The van der Waals surface area contributed by atoms with Gasteiger partial charge < -0.3 is 9.13 Å². The lowest BCUT2D eigenvalue weighted by atomic mass is 9.96. The molecule has 0 amide bonds. The Morgan fingerprint density at radius 1 is 0.450 bits per heavy atom. The number of halogens is 3. The minimum absolute atomic E-state index is 0.301. The van der Waals surface area contributed by atoms with Crippen molar-refractivity contribution in [3.8, 4) is 56.9 Å². The number of rotatable bonds is 5. The minimum Gasteiger partial charge on any atom is -0.309 e. The zero-order valence-corrected chi connectivity index (χ0v) is 31.5. The summed E-state index contributed by atoms with van der Waals surface area (Å²) in [5.74, 6) is 0. The van der Waals surface area contributed by atoms with E-state index in [4.69, 9.17) is 6.57 Å². The lowest BCUT2D eigenvalue weighted by Crippen LogP contribution is -2.11. The molecule has 2 aromatic heterocycles. The number of hydrogen-bond donors (Lipinski definition) is 0. The van der Waals surface area contributed by atoms with Crippen molar-refractivity contribution >= 4 is 49.3 Å². The highest BCUT2D eigenvalue weighted by Gasteiger charge is 2.34. The Morgan fingerprint density at radius 2 is 0.933 bits per heavy atom. The van der Waals surface area contributed by atoms with E-state index in [0.717, 1.165) is 43.8 Å². The summed E-state index contributed by atoms with van der Waals surface area (Å²) in [5.41, 5.74) is 8.75. The summed E-state index contributed by atoms with van der Waals surface area (Å²) in [4.78, 5) is 3.52. The first-order chi connectivity index (χ1) is 29.2. The Bertz CT molecular complexity index is 3300. The molecule has 8 aromatic carbocycles. The average molecular weight is 780 g/mol. The summed E-state index contributed by atoms with van der Waals surface area (Å²) >= 11 is 0. The van der Waals surface area contributed by atoms with Crippen molar-refractivity contribution in [2.45, 2.75) is 6.18 Å². The maximum atomic E-state index is 15.4. The molecule has 0 fully saturated rings. The molecule has 10 aromatic rings. The average Bonchev–Trinajstić information content (AvgIpc) is 3.80. The monoisotopic (exact) mass is 779 g/mol. The Hall–Kier alpha value is -8.38. The number of aromatic nitrogens is 2. The highest BCUT2D eigenvalue weighted by Crippen LogP contribution is 2.46. The second kappa shape index (κ2) is 13.9. The SMILES string of the molecule is [C-]#[N+]c1ccc(-c2ccc3c(c2)c2ccccc2n3-c2cc(C(F)(F)F)cc(-n3c4ccccc4c4cc(-c5ccc(C#N)cc5)ccc43)c2-c2cccc(C#N)c2)cc1. The molecule has 5 nitrogen and oxygen atoms in total. The first-order valence-electron chi connectivity index (χ1n) is 19.1. The topological polar surface area (TPSA) is 61.8 Å². The molecule has 0 bridgehead atoms. The molecule has 0 saturated heterocycles. The largest absolute Gasteiger partial charge is 0.416 e. The fourth-order valence-corrected chi connectivity index (χ4v) is 8.46. The van der Waals surface area contributed by atoms with E-state index in [0.29, 0.717) is 61.4 Å². The van der Waals surface area contributed by atoms with Crippen LogP contribution in [0.25, 0.3) is 93.2 Å². The fraction of sp³-hybridized carbons (Fsp3) is 0.0192. The van der Waals surface area contributed by atoms with Gasteiger partial charge >= 0.3 is 6.18 Å². The van der Waals surface area contributed by atoms with Gasteiger partial charge in [0.15, 0.2) is 5.69 Å². The Labute approximate surface area is 342 Å². The van der Waals surface area contributed by atoms with Crippen LogP contribution in [0.3, 0.4) is 0 Å². The molecule has 0 aliphatic heterocycles. The van der Waals surface area contributed by atoms with Gasteiger partial charge in [-0.25, -0.2) is 4.85 Å². The Balaban J connectivity index is 1.32. The highest BCUT2D eigenvalue weighted by atomic mass is 19.4. The molecule has 0 radical (unpaired) electrons. The van der Waals surface area contributed by atoms with Gasteiger partial charge in [0.2, 0.25) is 0 Å². The molecule has 0 aliphatic rings. The van der Waals surface area contributed by atoms with Crippen molar-refractivity contribution in [1.82, 2.24) is 9.13 Å². The number of nitriles is 2. The molecule has 60 heavy (non-hydrogen) atoms. The van der Waals surface area contributed by atoms with Gasteiger partial charge in [0, 0.05) is 27.1 Å². The molecule has 2 heterocycles. The first kappa shape index (κ1) is 36.0. The second-order valence-corrected chi connectivity index (χ2v) is 14.6. The van der Waals surface area contributed by atoms with E-state index in [9.17, 15) is 10.5 Å². The predicted molar refractivity (Wildman–Crippen MR) is 232 cm³/mol. The maximum absolute atomic E-state index is 15.4. The lowest BCUT2D eigenvalue weighted by molar-refractivity contribution is -0.137. The number of nitrogens with zero attached hydrogens (tertiary/aromatic N) is 5. The molecule has 0 atom stereocenters. The number of para-hydroxylation sites is 2. The van der Waals surface area contributed by atoms with Gasteiger partial charge in [-0.1, -0.05) is 97.1 Å². The summed E-state index contributed by atoms with van der Waals surface area (Å²) in [7, 11) is 0. The predicted octanol–water partition coefficient (Wildman–Crippen LogP) is 14.2. The van der Waals surface area contributed by atoms with Crippen LogP contribution >= 0.6 is 0 Å². The molecule has 282 valence electrons. The van der Waals surface area contributed by atoms with Crippen LogP contribution in [0.1, 0.15) is 16.7 Å². The van der Waals surface area contributed by atoms with E-state index < -0.39 is 11.7 Å². The summed E-state index contributed by atoms with van der Waals surface area (Å²) in [5, 5.41) is 22.9. The number of hydrogen-bond acceptors (Lipinski definition) is 2. The second-order valence-electron chi connectivity index (χ2n) is 14.6. The molecule has 0 spiro atoms. The maximum Gasteiger partial charge on any atom is 0.416 e. The molecule has 0 saturated carbocycles. The molecule has 0 aliphatic carbocycles. The van der Waals surface area contributed by atoms with E-state index in [1.54, 1.807) is 42.5 Å². The van der Waals surface area contributed by atoms with Crippen molar-refractivity contribution in [3.05, 3.63) is 198 Å². The van der Waals surface area contributed by atoms with Crippen molar-refractivity contribution in [1.29, 1.82) is 10.5 Å². The van der Waals surface area contributed by atoms with Gasteiger partial charge in [0.1, 0.15) is 0 Å². The van der Waals surface area contributed by atoms with Crippen LogP contribution in [-0.2, 0) is 6.18 Å². The van der Waals surface area contributed by atoms with Crippen LogP contribution < -0.4 is 0 Å². The van der Waals surface area contributed by atoms with E-state index in [1.165, 1.54) is 12.1 Å². The summed E-state index contributed by atoms with van der Waals surface area (Å²) in [6, 6.07) is 55.7. The zero-order chi connectivity index (χ0) is 41.1. The molecule has 8 heteroatoms. The summed E-state index contributed by atoms with van der Waals surface area (Å²) in [6.07, 6.45) is -4.72. The van der Waals surface area contributed by atoms with Gasteiger partial charge in [0.25, 0.3) is 0 Å². The first-order valence-corrected chi connectivity index (χ1v) is 19.1. The Kier molecular flexibility index (Phi) is 8.35. The van der Waals surface area contributed by atoms with Gasteiger partial charge in [-0.3, -0.25) is 0 Å². The number of fused-ring (bicyclic) bond motifs is 6. The van der Waals surface area contributed by atoms with Crippen LogP contribution in [0.4, 0.5) is 18.9 Å². The third-order valence-corrected chi connectivity index (χ3v) is 11.2. The smallest absolute Gasteiger partial charge is 0.309 e. The van der Waals surface area contributed by atoms with Crippen LogP contribution in [0.15, 0.2) is 170 Å². The third-order valence-electron chi connectivity index (χ3n) is 11.2. The number of benzene rings is 8. The van der Waals surface area contributed by atoms with Crippen LogP contribution in [-0.4, -0.2) is 9.13 Å². The zero-order valence-electron chi connectivity index (χ0n) is 31.5. The van der Waals surface area contributed by atoms with Gasteiger partial charge in [-0.2, -0.15) is 23.7 Å². The van der Waals surface area contributed by atoms with Crippen molar-refractivity contribution in [2.75, 3.05) is 0 Å². The van der Waals surface area contributed by atoms with E-state index in [-0.39, 0.29) is 0 Å². The normalized spacial score (nSPS) is 11.5. The van der Waals surface area contributed by atoms with Crippen LogP contribution in [0.5, 0.6) is 0 Å². The summed E-state index contributed by atoms with van der Waals surface area (Å²) < 4.78 is 50.1. The fourth-order valence-electron chi connectivity index (χ4n) is 8.46. The highest BCUT2D eigenvalue weighted by molar-refractivity contribution is 6.13. The van der Waals surface area contributed by atoms with Crippen molar-refractivity contribution in [3.63, 3.8) is 0 Å². The summed E-state index contributed by atoms with van der Waals surface area (Å²) in [6.45, 7) is 7.38. The minimum atomic E-state index is -4.72. The molecular formula is C52H28F3N5. The lowest BCUT2D eigenvalue weighted by Gasteiger charge is -2.23. The van der Waals surface area contributed by atoms with Gasteiger partial charge in [0.05, 0.1) is 68.8 Å². The molecule has 0 N–H and O–H groups in total. The Morgan fingerprint density at radius 3 is 1.43 bits per heavy atom. The molecule has 0 unspecified atom stereocenters. The molecular weight excluding hydrogens is 752 g/mol. The van der Waals surface area contributed by atoms with Gasteiger partial charge in [-0.15, -0.1) is 0 Å². The quantitative estimate of drug-likeness (QED) is 0.163. The standard InChI is InChI=1S/C52H28F3N5/c1-58-40-21-17-35(18-22-40)37-20-24-48-44(27-37)42-10-3-5-12-46(42)60(48)50-29-39(52(53,54)55)28-49(51(50)38-8-6-7-33(25-38)31-57)59-45-11-4-2-9-41(45)43-26-36(19-23-47(43)59)34-15-13-32(30-56)14-16-34/h2-29H. The van der Waals surface area contributed by atoms with Crippen LogP contribution in [0.2, 0.25) is 0 Å². The van der Waals surface area contributed by atoms with Crippen molar-refractivity contribution < 1.29 is 13.2 Å². The van der Waals surface area contributed by atoms with E-state index in [1.807, 2.05) is 124 Å². The molecule has 10 rings (SSSR count). The van der Waals surface area contributed by atoms with Crippen LogP contribution in [0, 0.1) is 29.2 Å². The van der Waals surface area contributed by atoms with Gasteiger partial charge in [-0.05, 0) is 101 Å². The van der Waals surface area contributed by atoms with E-state index in [2.05, 4.69) is 17.0 Å². The number of alkyl halides is 3. The third kappa shape index (κ3) is 5.85. The van der Waals surface area contributed by atoms with E-state index >= 15 is 13.2 Å².